The summed E-state index contributed by atoms with van der Waals surface area (Å²) in [4.78, 5) is 6.39. The largest absolute Gasteiger partial charge is 0.329 e. The van der Waals surface area contributed by atoms with Gasteiger partial charge in [0.1, 0.15) is 0 Å². The fourth-order valence-corrected chi connectivity index (χ4v) is 2.30. The van der Waals surface area contributed by atoms with Gasteiger partial charge in [0.15, 0.2) is 0 Å². The molecule has 0 aliphatic carbocycles. The molecule has 1 fully saturated rings. The van der Waals surface area contributed by atoms with E-state index in [0.29, 0.717) is 6.04 Å². The van der Waals surface area contributed by atoms with E-state index in [2.05, 4.69) is 9.88 Å². The maximum Gasteiger partial charge on any atom is 0.0634 e. The zero-order chi connectivity index (χ0) is 10.7. The molecule has 1 aliphatic heterocycles. The van der Waals surface area contributed by atoms with Crippen LogP contribution in [0.3, 0.4) is 0 Å². The number of aromatic nitrogens is 1. The molecule has 0 aromatic carbocycles. The topological polar surface area (TPSA) is 42.1 Å². The Hall–Kier alpha value is -0.0600. The van der Waals surface area contributed by atoms with Gasteiger partial charge < -0.3 is 5.73 Å². The predicted molar refractivity (Wildman–Crippen MR) is 76.2 cm³/mol. The number of nitrogens with two attached hydrogens (primary N) is 1. The van der Waals surface area contributed by atoms with Crippen molar-refractivity contribution in [2.75, 3.05) is 13.1 Å². The van der Waals surface area contributed by atoms with Crippen molar-refractivity contribution in [2.45, 2.75) is 25.4 Å². The summed E-state index contributed by atoms with van der Waals surface area (Å²) in [5, 5.41) is 0.750. The normalized spacial score (nSPS) is 19.5. The highest BCUT2D eigenvalue weighted by molar-refractivity contribution is 6.31. The van der Waals surface area contributed by atoms with Crippen LogP contribution in [0.4, 0.5) is 0 Å². The Morgan fingerprint density at radius 2 is 2.24 bits per heavy atom. The van der Waals surface area contributed by atoms with Gasteiger partial charge in [-0.1, -0.05) is 11.6 Å². The van der Waals surface area contributed by atoms with Crippen LogP contribution in [-0.2, 0) is 6.54 Å². The highest BCUT2D eigenvalue weighted by Crippen LogP contribution is 2.22. The molecule has 1 atom stereocenters. The summed E-state index contributed by atoms with van der Waals surface area (Å²) in [6, 6.07) is 2.50. The van der Waals surface area contributed by atoms with Gasteiger partial charge in [-0.15, -0.1) is 24.8 Å². The van der Waals surface area contributed by atoms with Gasteiger partial charge in [-0.05, 0) is 31.0 Å². The monoisotopic (exact) mass is 297 g/mol. The number of nitrogens with zero attached hydrogens (tertiary/aromatic N) is 2. The zero-order valence-electron chi connectivity index (χ0n) is 9.51. The molecule has 98 valence electrons. The van der Waals surface area contributed by atoms with Crippen LogP contribution < -0.4 is 5.73 Å². The van der Waals surface area contributed by atoms with E-state index in [4.69, 9.17) is 17.3 Å². The van der Waals surface area contributed by atoms with E-state index in [1.807, 2.05) is 6.07 Å². The van der Waals surface area contributed by atoms with Crippen molar-refractivity contribution < 1.29 is 0 Å². The van der Waals surface area contributed by atoms with Crippen LogP contribution in [-0.4, -0.2) is 29.0 Å². The molecular formula is C11H18Cl3N3. The molecule has 1 aromatic heterocycles. The van der Waals surface area contributed by atoms with Crippen molar-refractivity contribution in [2.24, 2.45) is 5.73 Å². The second kappa shape index (κ2) is 8.11. The maximum atomic E-state index is 6.07. The molecule has 2 heterocycles. The van der Waals surface area contributed by atoms with Crippen LogP contribution in [0.25, 0.3) is 0 Å². The summed E-state index contributed by atoms with van der Waals surface area (Å²) in [7, 11) is 0. The van der Waals surface area contributed by atoms with Crippen LogP contribution in [0.15, 0.2) is 18.5 Å². The number of rotatable bonds is 3. The molecule has 3 nitrogen and oxygen atoms in total. The van der Waals surface area contributed by atoms with Gasteiger partial charge in [0, 0.05) is 31.5 Å². The van der Waals surface area contributed by atoms with Gasteiger partial charge >= 0.3 is 0 Å². The fourth-order valence-electron chi connectivity index (χ4n) is 2.12. The van der Waals surface area contributed by atoms with E-state index in [1.165, 1.54) is 12.8 Å². The van der Waals surface area contributed by atoms with Crippen molar-refractivity contribution in [3.8, 4) is 0 Å². The number of halogens is 3. The van der Waals surface area contributed by atoms with E-state index in [0.717, 1.165) is 30.2 Å². The molecular weight excluding hydrogens is 281 g/mol. The highest BCUT2D eigenvalue weighted by Gasteiger charge is 2.23. The molecule has 0 radical (unpaired) electrons. The summed E-state index contributed by atoms with van der Waals surface area (Å²) < 4.78 is 0. The average Bonchev–Trinajstić information content (AvgIpc) is 2.69. The van der Waals surface area contributed by atoms with Crippen LogP contribution in [0.5, 0.6) is 0 Å². The number of pyridine rings is 1. The Kier molecular flexibility index (Phi) is 8.09. The molecule has 6 heteroatoms. The number of hydrogen-bond donors (Lipinski definition) is 1. The summed E-state index contributed by atoms with van der Waals surface area (Å²) in [6.45, 7) is 2.76. The summed E-state index contributed by atoms with van der Waals surface area (Å²) in [5.41, 5.74) is 6.87. The average molecular weight is 299 g/mol. The molecule has 1 aliphatic rings. The highest BCUT2D eigenvalue weighted by atomic mass is 35.5. The fraction of sp³-hybridized carbons (Fsp3) is 0.545. The lowest BCUT2D eigenvalue weighted by molar-refractivity contribution is 0.250. The minimum atomic E-state index is 0. The SMILES string of the molecule is Cl.Cl.NCC1CCCN1Cc1ccncc1Cl. The Labute approximate surface area is 120 Å². The lowest BCUT2D eigenvalue weighted by Crippen LogP contribution is -2.34. The Morgan fingerprint density at radius 1 is 1.47 bits per heavy atom. The minimum absolute atomic E-state index is 0. The molecule has 1 saturated heterocycles. The van der Waals surface area contributed by atoms with Crippen LogP contribution in [0.2, 0.25) is 5.02 Å². The van der Waals surface area contributed by atoms with Gasteiger partial charge in [-0.25, -0.2) is 0 Å². The van der Waals surface area contributed by atoms with E-state index in [-0.39, 0.29) is 24.8 Å². The molecule has 0 bridgehead atoms. The van der Waals surface area contributed by atoms with Gasteiger partial charge in [-0.2, -0.15) is 0 Å². The lowest BCUT2D eigenvalue weighted by atomic mass is 10.2. The Bertz CT molecular complexity index is 335. The van der Waals surface area contributed by atoms with E-state index in [9.17, 15) is 0 Å². The van der Waals surface area contributed by atoms with Crippen molar-refractivity contribution in [1.82, 2.24) is 9.88 Å². The smallest absolute Gasteiger partial charge is 0.0634 e. The van der Waals surface area contributed by atoms with Crippen LogP contribution in [0.1, 0.15) is 18.4 Å². The van der Waals surface area contributed by atoms with Crippen molar-refractivity contribution in [3.63, 3.8) is 0 Å². The predicted octanol–water partition coefficient (Wildman–Crippen LogP) is 2.50. The molecule has 1 aromatic rings. The summed E-state index contributed by atoms with van der Waals surface area (Å²) in [5.74, 6) is 0. The molecule has 17 heavy (non-hydrogen) atoms. The first-order valence-corrected chi connectivity index (χ1v) is 5.71. The van der Waals surface area contributed by atoms with Gasteiger partial charge in [0.2, 0.25) is 0 Å². The molecule has 2 N–H and O–H groups in total. The van der Waals surface area contributed by atoms with Crippen LogP contribution in [0, 0.1) is 0 Å². The standard InChI is InChI=1S/C11H16ClN3.2ClH/c12-11-7-14-4-3-9(11)8-15-5-1-2-10(15)6-13;;/h3-4,7,10H,1-2,5-6,8,13H2;2*1H. The van der Waals surface area contributed by atoms with Crippen molar-refractivity contribution in [3.05, 3.63) is 29.0 Å². The van der Waals surface area contributed by atoms with Crippen molar-refractivity contribution in [1.29, 1.82) is 0 Å². The van der Waals surface area contributed by atoms with Gasteiger partial charge in [-0.3, -0.25) is 9.88 Å². The second-order valence-corrected chi connectivity index (χ2v) is 4.38. The third-order valence-electron chi connectivity index (χ3n) is 3.00. The first-order chi connectivity index (χ1) is 7.31. The Balaban J connectivity index is 0.00000128. The van der Waals surface area contributed by atoms with E-state index in [1.54, 1.807) is 12.4 Å². The third kappa shape index (κ3) is 4.27. The lowest BCUT2D eigenvalue weighted by Gasteiger charge is -2.23. The maximum absolute atomic E-state index is 6.07. The first kappa shape index (κ1) is 16.9. The summed E-state index contributed by atoms with van der Waals surface area (Å²) in [6.07, 6.45) is 5.93. The van der Waals surface area contributed by atoms with E-state index >= 15 is 0 Å². The van der Waals surface area contributed by atoms with Crippen molar-refractivity contribution >= 4 is 36.4 Å². The number of hydrogen-bond acceptors (Lipinski definition) is 3. The first-order valence-electron chi connectivity index (χ1n) is 5.34. The zero-order valence-corrected chi connectivity index (χ0v) is 11.9. The third-order valence-corrected chi connectivity index (χ3v) is 3.34. The Morgan fingerprint density at radius 3 is 2.88 bits per heavy atom. The quantitative estimate of drug-likeness (QED) is 0.932. The number of likely N-dealkylation sites (tertiary alicyclic amines) is 1. The summed E-state index contributed by atoms with van der Waals surface area (Å²) >= 11 is 6.07. The van der Waals surface area contributed by atoms with Gasteiger partial charge in [0.25, 0.3) is 0 Å². The van der Waals surface area contributed by atoms with E-state index < -0.39 is 0 Å². The van der Waals surface area contributed by atoms with Crippen LogP contribution >= 0.6 is 36.4 Å². The second-order valence-electron chi connectivity index (χ2n) is 3.97. The van der Waals surface area contributed by atoms with Gasteiger partial charge in [0.05, 0.1) is 5.02 Å². The molecule has 0 amide bonds. The molecule has 2 rings (SSSR count). The minimum Gasteiger partial charge on any atom is -0.329 e. The molecule has 0 saturated carbocycles. The molecule has 1 unspecified atom stereocenters. The molecule has 0 spiro atoms.